The largest absolute Gasteiger partial charge is 0.479 e. The molecular formula is C16H24N4O5. The van der Waals surface area contributed by atoms with E-state index in [4.69, 9.17) is 14.6 Å². The highest BCUT2D eigenvalue weighted by Gasteiger charge is 2.20. The van der Waals surface area contributed by atoms with Crippen molar-refractivity contribution >= 4 is 17.9 Å². The summed E-state index contributed by atoms with van der Waals surface area (Å²) in [5.74, 6) is -0.786. The van der Waals surface area contributed by atoms with E-state index in [1.807, 2.05) is 4.90 Å². The number of rotatable bonds is 8. The van der Waals surface area contributed by atoms with Crippen molar-refractivity contribution in [2.24, 2.45) is 0 Å². The third-order valence-electron chi connectivity index (χ3n) is 3.93. The molecule has 1 N–H and O–H groups in total. The standard InChI is InChI=1S/C16H24N4O5/c1-3-24-15(23)13-10-17-16(18-11-13)20-6-4-19(5-7-20)8-9-25-12(2)14(21)22/h10-12H,3-9H2,1-2H3,(H,21,22). The van der Waals surface area contributed by atoms with Gasteiger partial charge in [-0.05, 0) is 13.8 Å². The smallest absolute Gasteiger partial charge is 0.341 e. The van der Waals surface area contributed by atoms with E-state index in [1.165, 1.54) is 19.3 Å². The molecule has 0 saturated carbocycles. The molecule has 0 amide bonds. The van der Waals surface area contributed by atoms with E-state index < -0.39 is 18.0 Å². The Hall–Kier alpha value is -2.26. The number of hydrogen-bond acceptors (Lipinski definition) is 8. The van der Waals surface area contributed by atoms with E-state index in [-0.39, 0.29) is 0 Å². The summed E-state index contributed by atoms with van der Waals surface area (Å²) >= 11 is 0. The summed E-state index contributed by atoms with van der Waals surface area (Å²) < 4.78 is 10.2. The average Bonchev–Trinajstić information content (AvgIpc) is 2.62. The molecule has 0 aliphatic carbocycles. The number of aromatic nitrogens is 2. The average molecular weight is 352 g/mol. The van der Waals surface area contributed by atoms with Crippen molar-refractivity contribution in [2.75, 3.05) is 50.8 Å². The molecular weight excluding hydrogens is 328 g/mol. The van der Waals surface area contributed by atoms with Crippen LogP contribution in [0.3, 0.4) is 0 Å². The van der Waals surface area contributed by atoms with E-state index in [0.29, 0.717) is 31.3 Å². The van der Waals surface area contributed by atoms with Gasteiger partial charge in [0.25, 0.3) is 0 Å². The maximum Gasteiger partial charge on any atom is 0.341 e. The zero-order chi connectivity index (χ0) is 18.2. The van der Waals surface area contributed by atoms with Crippen LogP contribution in [0.4, 0.5) is 5.95 Å². The fourth-order valence-corrected chi connectivity index (χ4v) is 2.41. The van der Waals surface area contributed by atoms with Crippen molar-refractivity contribution < 1.29 is 24.2 Å². The first-order valence-corrected chi connectivity index (χ1v) is 8.32. The van der Waals surface area contributed by atoms with Gasteiger partial charge in [0.05, 0.1) is 18.8 Å². The van der Waals surface area contributed by atoms with Gasteiger partial charge in [0, 0.05) is 45.1 Å². The summed E-state index contributed by atoms with van der Waals surface area (Å²) in [6.45, 7) is 7.81. The topological polar surface area (TPSA) is 105 Å². The Morgan fingerprint density at radius 3 is 2.44 bits per heavy atom. The number of esters is 1. The quantitative estimate of drug-likeness (QED) is 0.660. The number of hydrogen-bond donors (Lipinski definition) is 1. The minimum Gasteiger partial charge on any atom is -0.479 e. The fraction of sp³-hybridized carbons (Fsp3) is 0.625. The number of carbonyl (C=O) groups excluding carboxylic acids is 1. The van der Waals surface area contributed by atoms with Crippen LogP contribution in [-0.2, 0) is 14.3 Å². The van der Waals surface area contributed by atoms with Crippen LogP contribution in [0, 0.1) is 0 Å². The van der Waals surface area contributed by atoms with Crippen LogP contribution in [0.15, 0.2) is 12.4 Å². The summed E-state index contributed by atoms with van der Waals surface area (Å²) in [5.41, 5.74) is 0.342. The van der Waals surface area contributed by atoms with Crippen LogP contribution < -0.4 is 4.90 Å². The third-order valence-corrected chi connectivity index (χ3v) is 3.93. The first kappa shape index (κ1) is 19.1. The minimum absolute atomic E-state index is 0.317. The zero-order valence-corrected chi connectivity index (χ0v) is 14.6. The van der Waals surface area contributed by atoms with Crippen molar-refractivity contribution in [2.45, 2.75) is 20.0 Å². The van der Waals surface area contributed by atoms with Gasteiger partial charge in [0.1, 0.15) is 0 Å². The second-order valence-electron chi connectivity index (χ2n) is 5.67. The van der Waals surface area contributed by atoms with Crippen molar-refractivity contribution in [3.8, 4) is 0 Å². The lowest BCUT2D eigenvalue weighted by atomic mass is 10.3. The highest BCUT2D eigenvalue weighted by atomic mass is 16.5. The van der Waals surface area contributed by atoms with Gasteiger partial charge in [-0.25, -0.2) is 19.6 Å². The number of carbonyl (C=O) groups is 2. The molecule has 1 aliphatic heterocycles. The van der Waals surface area contributed by atoms with Gasteiger partial charge in [0.2, 0.25) is 5.95 Å². The molecule has 2 rings (SSSR count). The van der Waals surface area contributed by atoms with Crippen molar-refractivity contribution in [1.82, 2.24) is 14.9 Å². The van der Waals surface area contributed by atoms with E-state index in [9.17, 15) is 9.59 Å². The number of aliphatic carboxylic acids is 1. The molecule has 0 aromatic carbocycles. The van der Waals surface area contributed by atoms with Crippen LogP contribution in [0.1, 0.15) is 24.2 Å². The van der Waals surface area contributed by atoms with Gasteiger partial charge in [0.15, 0.2) is 6.10 Å². The van der Waals surface area contributed by atoms with Crippen molar-refractivity contribution in [1.29, 1.82) is 0 Å². The SMILES string of the molecule is CCOC(=O)c1cnc(N2CCN(CCOC(C)C(=O)O)CC2)nc1. The Labute approximate surface area is 146 Å². The molecule has 1 aromatic rings. The predicted octanol–water partition coefficient (Wildman–Crippen LogP) is 0.265. The van der Waals surface area contributed by atoms with Crippen LogP contribution in [0.2, 0.25) is 0 Å². The lowest BCUT2D eigenvalue weighted by molar-refractivity contribution is -0.149. The summed E-state index contributed by atoms with van der Waals surface area (Å²) in [6.07, 6.45) is 2.18. The Balaban J connectivity index is 1.76. The second-order valence-corrected chi connectivity index (χ2v) is 5.67. The van der Waals surface area contributed by atoms with Gasteiger partial charge in [-0.3, -0.25) is 4.90 Å². The van der Waals surface area contributed by atoms with E-state index in [1.54, 1.807) is 6.92 Å². The molecule has 138 valence electrons. The minimum atomic E-state index is -0.951. The molecule has 1 saturated heterocycles. The maximum atomic E-state index is 11.6. The monoisotopic (exact) mass is 352 g/mol. The molecule has 0 bridgehead atoms. The summed E-state index contributed by atoms with van der Waals surface area (Å²) in [7, 11) is 0. The molecule has 0 spiro atoms. The number of anilines is 1. The lowest BCUT2D eigenvalue weighted by Crippen LogP contribution is -2.48. The first-order valence-electron chi connectivity index (χ1n) is 8.32. The van der Waals surface area contributed by atoms with Crippen molar-refractivity contribution in [3.63, 3.8) is 0 Å². The molecule has 25 heavy (non-hydrogen) atoms. The Bertz CT molecular complexity index is 572. The number of carboxylic acid groups (broad SMARTS) is 1. The number of carboxylic acids is 1. The van der Waals surface area contributed by atoms with Gasteiger partial charge in [-0.15, -0.1) is 0 Å². The molecule has 9 nitrogen and oxygen atoms in total. The van der Waals surface area contributed by atoms with Gasteiger partial charge in [-0.2, -0.15) is 0 Å². The number of ether oxygens (including phenoxy) is 2. The maximum absolute atomic E-state index is 11.6. The molecule has 1 fully saturated rings. The molecule has 1 aliphatic rings. The second kappa shape index (κ2) is 9.28. The molecule has 9 heteroatoms. The Morgan fingerprint density at radius 1 is 1.24 bits per heavy atom. The zero-order valence-electron chi connectivity index (χ0n) is 14.6. The lowest BCUT2D eigenvalue weighted by Gasteiger charge is -2.34. The van der Waals surface area contributed by atoms with Gasteiger partial charge in [-0.1, -0.05) is 0 Å². The van der Waals surface area contributed by atoms with Gasteiger partial charge < -0.3 is 19.5 Å². The normalized spacial score (nSPS) is 16.5. The highest BCUT2D eigenvalue weighted by Crippen LogP contribution is 2.11. The highest BCUT2D eigenvalue weighted by molar-refractivity contribution is 5.88. The Kier molecular flexibility index (Phi) is 7.08. The molecule has 1 unspecified atom stereocenters. The van der Waals surface area contributed by atoms with Gasteiger partial charge >= 0.3 is 11.9 Å². The molecule has 0 radical (unpaired) electrons. The van der Waals surface area contributed by atoms with Crippen LogP contribution in [-0.4, -0.2) is 84.0 Å². The molecule has 1 atom stereocenters. The molecule has 1 aromatic heterocycles. The first-order chi connectivity index (χ1) is 12.0. The van der Waals surface area contributed by atoms with Crippen LogP contribution >= 0.6 is 0 Å². The summed E-state index contributed by atoms with van der Waals surface area (Å²) in [4.78, 5) is 35.0. The predicted molar refractivity (Wildman–Crippen MR) is 89.7 cm³/mol. The third kappa shape index (κ3) is 5.64. The van der Waals surface area contributed by atoms with E-state index in [2.05, 4.69) is 14.9 Å². The number of nitrogens with zero attached hydrogens (tertiary/aromatic N) is 4. The van der Waals surface area contributed by atoms with E-state index >= 15 is 0 Å². The molecule has 2 heterocycles. The summed E-state index contributed by atoms with van der Waals surface area (Å²) in [6, 6.07) is 0. The van der Waals surface area contributed by atoms with Crippen molar-refractivity contribution in [3.05, 3.63) is 18.0 Å². The van der Waals surface area contributed by atoms with Crippen LogP contribution in [0.5, 0.6) is 0 Å². The summed E-state index contributed by atoms with van der Waals surface area (Å²) in [5, 5.41) is 8.78. The fourth-order valence-electron chi connectivity index (χ4n) is 2.41. The van der Waals surface area contributed by atoms with Crippen LogP contribution in [0.25, 0.3) is 0 Å². The number of piperazine rings is 1. The van der Waals surface area contributed by atoms with E-state index in [0.717, 1.165) is 26.2 Å². The Morgan fingerprint density at radius 2 is 1.88 bits per heavy atom.